The molecule has 2 rings (SSSR count). The van der Waals surface area contributed by atoms with Crippen LogP contribution in [0, 0.1) is 0 Å². The van der Waals surface area contributed by atoms with Crippen LogP contribution in [-0.4, -0.2) is 56.4 Å². The van der Waals surface area contributed by atoms with Gasteiger partial charge in [0, 0.05) is 4.90 Å². The maximum absolute atomic E-state index is 10.1. The van der Waals surface area contributed by atoms with Crippen LogP contribution in [0.4, 0.5) is 0 Å². The van der Waals surface area contributed by atoms with Gasteiger partial charge in [-0.15, -0.1) is 0 Å². The molecule has 1 aliphatic heterocycles. The van der Waals surface area contributed by atoms with E-state index in [2.05, 4.69) is 0 Å². The summed E-state index contributed by atoms with van der Waals surface area (Å²) < 4.78 is 5.57. The quantitative estimate of drug-likeness (QED) is 0.624. The number of ether oxygens (including phenoxy) is 1. The average Bonchev–Trinajstić information content (AvgIpc) is 2.42. The number of aliphatic hydroxyl groups is 4. The molecular weight excluding hydrogens is 268 g/mol. The minimum atomic E-state index is -1.35. The van der Waals surface area contributed by atoms with E-state index in [9.17, 15) is 20.4 Å². The molecule has 19 heavy (non-hydrogen) atoms. The van der Waals surface area contributed by atoms with E-state index >= 15 is 0 Å². The molecular formula is C13H18O5S. The van der Waals surface area contributed by atoms with Crippen LogP contribution in [0.2, 0.25) is 0 Å². The standard InChI is InChI=1S/C13H18O5S/c1-13(19-8-5-3-2-4-6-8)12(17)11(16)10(15)9(7-14)18-13/h2-6,9-12,14-17H,7H2,1H3/t9-,10-,11-,12+,13?/m1/s1. The lowest BCUT2D eigenvalue weighted by Crippen LogP contribution is -2.62. The Morgan fingerprint density at radius 2 is 1.79 bits per heavy atom. The van der Waals surface area contributed by atoms with E-state index in [0.29, 0.717) is 0 Å². The Hall–Kier alpha value is -0.630. The smallest absolute Gasteiger partial charge is 0.144 e. The lowest BCUT2D eigenvalue weighted by molar-refractivity contribution is -0.236. The topological polar surface area (TPSA) is 90.2 Å². The third-order valence-electron chi connectivity index (χ3n) is 3.22. The number of rotatable bonds is 3. The van der Waals surface area contributed by atoms with Gasteiger partial charge in [0.1, 0.15) is 29.3 Å². The Labute approximate surface area is 115 Å². The largest absolute Gasteiger partial charge is 0.394 e. The molecule has 0 aromatic heterocycles. The van der Waals surface area contributed by atoms with Crippen molar-refractivity contribution in [2.24, 2.45) is 0 Å². The molecule has 1 aromatic carbocycles. The molecule has 0 aliphatic carbocycles. The van der Waals surface area contributed by atoms with Crippen molar-refractivity contribution in [1.29, 1.82) is 0 Å². The normalized spacial score (nSPS) is 39.2. The number of hydrogen-bond acceptors (Lipinski definition) is 6. The summed E-state index contributed by atoms with van der Waals surface area (Å²) in [5.74, 6) is 0. The van der Waals surface area contributed by atoms with Crippen molar-refractivity contribution in [2.75, 3.05) is 6.61 Å². The van der Waals surface area contributed by atoms with E-state index < -0.39 is 36.0 Å². The molecule has 0 radical (unpaired) electrons. The first-order valence-electron chi connectivity index (χ1n) is 6.05. The zero-order valence-corrected chi connectivity index (χ0v) is 11.3. The zero-order valence-electron chi connectivity index (χ0n) is 10.5. The van der Waals surface area contributed by atoms with Gasteiger partial charge in [0.05, 0.1) is 6.61 Å². The van der Waals surface area contributed by atoms with Crippen LogP contribution in [0.1, 0.15) is 6.92 Å². The molecule has 0 spiro atoms. The highest BCUT2D eigenvalue weighted by molar-refractivity contribution is 8.00. The van der Waals surface area contributed by atoms with E-state index in [1.54, 1.807) is 6.92 Å². The van der Waals surface area contributed by atoms with Crippen LogP contribution in [0.15, 0.2) is 35.2 Å². The molecule has 1 aromatic rings. The first-order chi connectivity index (χ1) is 8.98. The molecule has 1 heterocycles. The molecule has 1 aliphatic rings. The van der Waals surface area contributed by atoms with Gasteiger partial charge >= 0.3 is 0 Å². The highest BCUT2D eigenvalue weighted by atomic mass is 32.2. The molecule has 0 bridgehead atoms. The lowest BCUT2D eigenvalue weighted by Gasteiger charge is -2.46. The SMILES string of the molecule is CC1(Sc2ccccc2)O[C@H](CO)[C@@H](O)[C@@H](O)[C@@H]1O. The fraction of sp³-hybridized carbons (Fsp3) is 0.538. The van der Waals surface area contributed by atoms with Crippen LogP contribution in [-0.2, 0) is 4.74 Å². The van der Waals surface area contributed by atoms with E-state index in [1.165, 1.54) is 11.8 Å². The van der Waals surface area contributed by atoms with Gasteiger partial charge < -0.3 is 25.2 Å². The van der Waals surface area contributed by atoms with Gasteiger partial charge in [-0.2, -0.15) is 0 Å². The van der Waals surface area contributed by atoms with Gasteiger partial charge in [-0.3, -0.25) is 0 Å². The molecule has 4 N–H and O–H groups in total. The fourth-order valence-corrected chi connectivity index (χ4v) is 3.30. The summed E-state index contributed by atoms with van der Waals surface area (Å²) in [6, 6.07) is 9.31. The van der Waals surface area contributed by atoms with Crippen molar-refractivity contribution in [3.8, 4) is 0 Å². The second-order valence-corrected chi connectivity index (χ2v) is 6.18. The highest BCUT2D eigenvalue weighted by Gasteiger charge is 2.51. The number of aliphatic hydroxyl groups excluding tert-OH is 4. The Balaban J connectivity index is 2.21. The van der Waals surface area contributed by atoms with Crippen LogP contribution in [0.3, 0.4) is 0 Å². The van der Waals surface area contributed by atoms with Crippen LogP contribution < -0.4 is 0 Å². The molecule has 0 amide bonds. The lowest BCUT2D eigenvalue weighted by atomic mass is 9.95. The highest BCUT2D eigenvalue weighted by Crippen LogP contribution is 2.42. The number of benzene rings is 1. The van der Waals surface area contributed by atoms with Crippen molar-refractivity contribution < 1.29 is 25.2 Å². The van der Waals surface area contributed by atoms with Gasteiger partial charge in [-0.25, -0.2) is 0 Å². The zero-order chi connectivity index (χ0) is 14.0. The van der Waals surface area contributed by atoms with Gasteiger partial charge in [0.25, 0.3) is 0 Å². The summed E-state index contributed by atoms with van der Waals surface area (Å²) >= 11 is 1.25. The third-order valence-corrected chi connectivity index (χ3v) is 4.47. The number of thioether (sulfide) groups is 1. The Morgan fingerprint density at radius 1 is 1.16 bits per heavy atom. The molecule has 0 saturated carbocycles. The third kappa shape index (κ3) is 2.94. The Morgan fingerprint density at radius 3 is 2.37 bits per heavy atom. The molecule has 5 atom stereocenters. The molecule has 1 saturated heterocycles. The van der Waals surface area contributed by atoms with Crippen LogP contribution in [0.25, 0.3) is 0 Å². The maximum Gasteiger partial charge on any atom is 0.144 e. The summed E-state index contributed by atoms with van der Waals surface area (Å²) in [5.41, 5.74) is 0. The van der Waals surface area contributed by atoms with Crippen molar-refractivity contribution in [3.05, 3.63) is 30.3 Å². The van der Waals surface area contributed by atoms with Gasteiger partial charge in [0.15, 0.2) is 0 Å². The van der Waals surface area contributed by atoms with Gasteiger partial charge in [-0.05, 0) is 19.1 Å². The van der Waals surface area contributed by atoms with E-state index in [0.717, 1.165) is 4.90 Å². The maximum atomic E-state index is 10.1. The summed E-state index contributed by atoms with van der Waals surface area (Å²) in [6.07, 6.45) is -4.83. The van der Waals surface area contributed by atoms with Crippen molar-refractivity contribution in [2.45, 2.75) is 41.2 Å². The summed E-state index contributed by atoms with van der Waals surface area (Å²) in [5, 5.41) is 38.8. The first-order valence-corrected chi connectivity index (χ1v) is 6.86. The molecule has 1 fully saturated rings. The summed E-state index contributed by atoms with van der Waals surface area (Å²) in [4.78, 5) is -0.266. The molecule has 6 heteroatoms. The summed E-state index contributed by atoms with van der Waals surface area (Å²) in [7, 11) is 0. The minimum absolute atomic E-state index is 0.421. The van der Waals surface area contributed by atoms with E-state index in [-0.39, 0.29) is 0 Å². The average molecular weight is 286 g/mol. The van der Waals surface area contributed by atoms with E-state index in [4.69, 9.17) is 4.74 Å². The fourth-order valence-electron chi connectivity index (χ4n) is 2.11. The van der Waals surface area contributed by atoms with Gasteiger partial charge in [-0.1, -0.05) is 30.0 Å². The Kier molecular flexibility index (Phi) is 4.50. The van der Waals surface area contributed by atoms with Crippen molar-refractivity contribution >= 4 is 11.8 Å². The van der Waals surface area contributed by atoms with Crippen molar-refractivity contribution in [3.63, 3.8) is 0 Å². The predicted octanol–water partition coefficient (Wildman–Crippen LogP) is -0.0313. The molecule has 5 nitrogen and oxygen atoms in total. The van der Waals surface area contributed by atoms with Crippen molar-refractivity contribution in [1.82, 2.24) is 0 Å². The second kappa shape index (κ2) is 5.78. The number of hydrogen-bond donors (Lipinski definition) is 4. The minimum Gasteiger partial charge on any atom is -0.394 e. The molecule has 1 unspecified atom stereocenters. The Bertz CT molecular complexity index is 413. The first kappa shape index (κ1) is 14.8. The molecule has 106 valence electrons. The second-order valence-electron chi connectivity index (χ2n) is 4.70. The van der Waals surface area contributed by atoms with E-state index in [1.807, 2.05) is 30.3 Å². The summed E-state index contributed by atoms with van der Waals surface area (Å²) in [6.45, 7) is 1.21. The predicted molar refractivity (Wildman–Crippen MR) is 70.7 cm³/mol. The monoisotopic (exact) mass is 286 g/mol. The van der Waals surface area contributed by atoms with Crippen LogP contribution >= 0.6 is 11.8 Å². The van der Waals surface area contributed by atoms with Gasteiger partial charge in [0.2, 0.25) is 0 Å². The van der Waals surface area contributed by atoms with Crippen LogP contribution in [0.5, 0.6) is 0 Å².